The van der Waals surface area contributed by atoms with Crippen LogP contribution in [0.1, 0.15) is 24.0 Å². The van der Waals surface area contributed by atoms with Crippen molar-refractivity contribution in [3.8, 4) is 0 Å². The number of anilines is 2. The molecule has 0 N–H and O–H groups in total. The van der Waals surface area contributed by atoms with Gasteiger partial charge in [-0.1, -0.05) is 66.4 Å². The summed E-state index contributed by atoms with van der Waals surface area (Å²) in [5.74, 6) is 1.47. The van der Waals surface area contributed by atoms with E-state index in [2.05, 4.69) is 33.5 Å². The average Bonchev–Trinajstić information content (AvgIpc) is 3.41. The van der Waals surface area contributed by atoms with Gasteiger partial charge in [0.15, 0.2) is 10.3 Å². The highest BCUT2D eigenvalue weighted by Gasteiger charge is 2.18. The summed E-state index contributed by atoms with van der Waals surface area (Å²) in [5, 5.41) is 12.3. The van der Waals surface area contributed by atoms with Crippen molar-refractivity contribution in [2.24, 2.45) is 0 Å². The zero-order chi connectivity index (χ0) is 22.3. The van der Waals surface area contributed by atoms with Crippen molar-refractivity contribution in [1.29, 1.82) is 0 Å². The molecule has 0 spiro atoms. The van der Waals surface area contributed by atoms with Crippen LogP contribution >= 0.6 is 23.1 Å². The lowest BCUT2D eigenvalue weighted by atomic mass is 10.1. The summed E-state index contributed by atoms with van der Waals surface area (Å²) < 4.78 is 2.09. The zero-order valence-electron chi connectivity index (χ0n) is 17.7. The van der Waals surface area contributed by atoms with Gasteiger partial charge in [0.1, 0.15) is 5.82 Å². The number of nitrogens with zero attached hydrogens (tertiary/aromatic N) is 5. The maximum absolute atomic E-state index is 12.3. The summed E-state index contributed by atoms with van der Waals surface area (Å²) in [6.45, 7) is 6.07. The molecule has 0 aliphatic heterocycles. The molecule has 0 atom stereocenters. The third-order valence-electron chi connectivity index (χ3n) is 4.72. The van der Waals surface area contributed by atoms with Gasteiger partial charge in [0, 0.05) is 31.0 Å². The summed E-state index contributed by atoms with van der Waals surface area (Å²) in [6, 6.07) is 19.8. The first-order valence-electron chi connectivity index (χ1n) is 10.2. The number of thioether (sulfide) groups is 1. The molecule has 162 valence electrons. The SMILES string of the molecule is C=CCn1c(Cc2ccccc2)nnc1SCc1csc(N(C(C)=O)c2ccccc2)n1. The minimum absolute atomic E-state index is 0.0685. The molecule has 4 aromatic rings. The average molecular weight is 462 g/mol. The zero-order valence-corrected chi connectivity index (χ0v) is 19.4. The highest BCUT2D eigenvalue weighted by molar-refractivity contribution is 7.98. The number of allylic oxidation sites excluding steroid dienone is 1. The molecule has 4 rings (SSSR count). The summed E-state index contributed by atoms with van der Waals surface area (Å²) in [6.07, 6.45) is 2.57. The molecule has 0 aliphatic carbocycles. The van der Waals surface area contributed by atoms with E-state index in [1.54, 1.807) is 23.6 Å². The molecular formula is C24H23N5OS2. The van der Waals surface area contributed by atoms with Crippen molar-refractivity contribution in [2.45, 2.75) is 30.8 Å². The van der Waals surface area contributed by atoms with Crippen LogP contribution in [-0.4, -0.2) is 25.7 Å². The van der Waals surface area contributed by atoms with Gasteiger partial charge in [-0.15, -0.1) is 28.1 Å². The number of amides is 1. The quantitative estimate of drug-likeness (QED) is 0.244. The lowest BCUT2D eigenvalue weighted by Gasteiger charge is -2.17. The van der Waals surface area contributed by atoms with Gasteiger partial charge < -0.3 is 4.57 Å². The molecule has 0 aliphatic rings. The van der Waals surface area contributed by atoms with E-state index >= 15 is 0 Å². The molecule has 0 fully saturated rings. The van der Waals surface area contributed by atoms with Crippen molar-refractivity contribution < 1.29 is 4.79 Å². The van der Waals surface area contributed by atoms with Gasteiger partial charge in [-0.05, 0) is 17.7 Å². The Bertz CT molecular complexity index is 1190. The van der Waals surface area contributed by atoms with E-state index in [4.69, 9.17) is 4.98 Å². The van der Waals surface area contributed by atoms with Crippen molar-refractivity contribution in [2.75, 3.05) is 4.90 Å². The summed E-state index contributed by atoms with van der Waals surface area (Å²) in [5.41, 5.74) is 2.90. The monoisotopic (exact) mass is 461 g/mol. The van der Waals surface area contributed by atoms with E-state index in [-0.39, 0.29) is 5.91 Å². The molecule has 2 aromatic heterocycles. The second-order valence-electron chi connectivity index (χ2n) is 7.06. The largest absolute Gasteiger partial charge is 0.302 e. The Morgan fingerprint density at radius 3 is 2.53 bits per heavy atom. The number of aromatic nitrogens is 4. The molecule has 8 heteroatoms. The predicted molar refractivity (Wildman–Crippen MR) is 130 cm³/mol. The predicted octanol–water partition coefficient (Wildman–Crippen LogP) is 5.49. The molecule has 0 unspecified atom stereocenters. The molecule has 2 heterocycles. The number of carbonyl (C=O) groups is 1. The minimum Gasteiger partial charge on any atom is -0.302 e. The van der Waals surface area contributed by atoms with Crippen LogP contribution in [0.3, 0.4) is 0 Å². The van der Waals surface area contributed by atoms with Gasteiger partial charge in [-0.3, -0.25) is 9.69 Å². The lowest BCUT2D eigenvalue weighted by Crippen LogP contribution is -2.22. The standard InChI is InChI=1S/C24H23N5OS2/c1-3-14-28-22(15-19-10-6-4-7-11-19)26-27-24(28)32-17-20-16-31-23(25-20)29(18(2)30)21-12-8-5-9-13-21/h3-13,16H,1,14-15,17H2,2H3. The van der Waals surface area contributed by atoms with Crippen LogP contribution in [0.4, 0.5) is 10.8 Å². The van der Waals surface area contributed by atoms with Crippen LogP contribution in [0.5, 0.6) is 0 Å². The highest BCUT2D eigenvalue weighted by Crippen LogP contribution is 2.31. The van der Waals surface area contributed by atoms with E-state index in [0.717, 1.165) is 22.4 Å². The third kappa shape index (κ3) is 5.15. The van der Waals surface area contributed by atoms with Gasteiger partial charge in [-0.25, -0.2) is 4.98 Å². The highest BCUT2D eigenvalue weighted by atomic mass is 32.2. The Hall–Kier alpha value is -3.23. The van der Waals surface area contributed by atoms with E-state index in [1.807, 2.05) is 60.0 Å². The molecule has 0 saturated carbocycles. The first-order chi connectivity index (χ1) is 15.7. The Morgan fingerprint density at radius 1 is 1.12 bits per heavy atom. The van der Waals surface area contributed by atoms with Gasteiger partial charge in [0.05, 0.1) is 11.4 Å². The molecule has 0 bridgehead atoms. The topological polar surface area (TPSA) is 63.9 Å². The minimum atomic E-state index is -0.0685. The Morgan fingerprint density at radius 2 is 1.84 bits per heavy atom. The maximum Gasteiger partial charge on any atom is 0.230 e. The van der Waals surface area contributed by atoms with Crippen LogP contribution in [0.25, 0.3) is 0 Å². The van der Waals surface area contributed by atoms with Crippen molar-refractivity contribution in [1.82, 2.24) is 19.7 Å². The smallest absolute Gasteiger partial charge is 0.230 e. The number of para-hydroxylation sites is 1. The van der Waals surface area contributed by atoms with Gasteiger partial charge >= 0.3 is 0 Å². The van der Waals surface area contributed by atoms with E-state index in [1.165, 1.54) is 16.9 Å². The summed E-state index contributed by atoms with van der Waals surface area (Å²) in [4.78, 5) is 18.6. The van der Waals surface area contributed by atoms with Gasteiger partial charge in [-0.2, -0.15) is 0 Å². The first-order valence-corrected chi connectivity index (χ1v) is 12.0. The van der Waals surface area contributed by atoms with Crippen LogP contribution in [0.2, 0.25) is 0 Å². The number of thiazole rings is 1. The van der Waals surface area contributed by atoms with Crippen LogP contribution < -0.4 is 4.90 Å². The fourth-order valence-electron chi connectivity index (χ4n) is 3.26. The number of carbonyl (C=O) groups excluding carboxylic acids is 1. The number of hydrogen-bond donors (Lipinski definition) is 0. The maximum atomic E-state index is 12.3. The van der Waals surface area contributed by atoms with Crippen molar-refractivity contribution in [3.63, 3.8) is 0 Å². The summed E-state index contributed by atoms with van der Waals surface area (Å²) in [7, 11) is 0. The Balaban J connectivity index is 1.49. The van der Waals surface area contributed by atoms with Crippen LogP contribution in [0, 0.1) is 0 Å². The Labute approximate surface area is 195 Å². The number of rotatable bonds is 9. The second kappa shape index (κ2) is 10.4. The van der Waals surface area contributed by atoms with Gasteiger partial charge in [0.2, 0.25) is 5.91 Å². The van der Waals surface area contributed by atoms with E-state index < -0.39 is 0 Å². The number of hydrogen-bond acceptors (Lipinski definition) is 6. The molecule has 0 radical (unpaired) electrons. The van der Waals surface area contributed by atoms with Crippen molar-refractivity contribution >= 4 is 39.8 Å². The number of benzene rings is 2. The van der Waals surface area contributed by atoms with E-state index in [9.17, 15) is 4.79 Å². The summed E-state index contributed by atoms with van der Waals surface area (Å²) >= 11 is 3.04. The van der Waals surface area contributed by atoms with Crippen molar-refractivity contribution in [3.05, 3.63) is 95.8 Å². The normalized spacial score (nSPS) is 10.8. The van der Waals surface area contributed by atoms with Crippen LogP contribution in [0.15, 0.2) is 83.9 Å². The first kappa shape index (κ1) is 22.0. The molecule has 1 amide bonds. The molecule has 0 saturated heterocycles. The van der Waals surface area contributed by atoms with Gasteiger partial charge in [0.25, 0.3) is 0 Å². The Kier molecular flexibility index (Phi) is 7.14. The third-order valence-corrected chi connectivity index (χ3v) is 6.59. The lowest BCUT2D eigenvalue weighted by molar-refractivity contribution is -0.115. The molecule has 32 heavy (non-hydrogen) atoms. The molecule has 6 nitrogen and oxygen atoms in total. The second-order valence-corrected chi connectivity index (χ2v) is 8.84. The van der Waals surface area contributed by atoms with E-state index in [0.29, 0.717) is 23.8 Å². The molecular weight excluding hydrogens is 438 g/mol. The van der Waals surface area contributed by atoms with Crippen LogP contribution in [-0.2, 0) is 23.5 Å². The molecule has 2 aromatic carbocycles. The fourth-order valence-corrected chi connectivity index (χ4v) is 5.11. The fraction of sp³-hybridized carbons (Fsp3) is 0.167.